The standard InChI is InChI=1S/C7H10ClF2NO2/c8-2-6(12)11-3-5-1-7(9,10)4-13-5/h5H,1-4H2,(H,11,12). The molecule has 1 aliphatic rings. The quantitative estimate of drug-likeness (QED) is 0.704. The molecule has 1 heterocycles. The molecule has 76 valence electrons. The van der Waals surface area contributed by atoms with Crippen molar-refractivity contribution in [2.75, 3.05) is 19.0 Å². The zero-order valence-electron chi connectivity index (χ0n) is 6.86. The van der Waals surface area contributed by atoms with E-state index in [-0.39, 0.29) is 24.8 Å². The summed E-state index contributed by atoms with van der Waals surface area (Å²) >= 11 is 5.19. The van der Waals surface area contributed by atoms with Gasteiger partial charge in [0.2, 0.25) is 5.91 Å². The van der Waals surface area contributed by atoms with Crippen molar-refractivity contribution in [3.8, 4) is 0 Å². The van der Waals surface area contributed by atoms with Crippen LogP contribution in [0.5, 0.6) is 0 Å². The van der Waals surface area contributed by atoms with E-state index in [1.54, 1.807) is 0 Å². The van der Waals surface area contributed by atoms with Gasteiger partial charge < -0.3 is 10.1 Å². The van der Waals surface area contributed by atoms with Crippen LogP contribution in [0.25, 0.3) is 0 Å². The molecule has 0 aromatic carbocycles. The van der Waals surface area contributed by atoms with Crippen molar-refractivity contribution in [2.24, 2.45) is 0 Å². The Balaban J connectivity index is 2.21. The molecule has 3 nitrogen and oxygen atoms in total. The summed E-state index contributed by atoms with van der Waals surface area (Å²) in [6.07, 6.45) is -0.933. The van der Waals surface area contributed by atoms with Gasteiger partial charge in [0.25, 0.3) is 5.92 Å². The molecule has 6 heteroatoms. The maximum atomic E-state index is 12.5. The van der Waals surface area contributed by atoms with E-state index in [4.69, 9.17) is 16.3 Å². The lowest BCUT2D eigenvalue weighted by atomic mass is 10.2. The summed E-state index contributed by atoms with van der Waals surface area (Å²) in [7, 11) is 0. The largest absolute Gasteiger partial charge is 0.370 e. The molecule has 1 amide bonds. The van der Waals surface area contributed by atoms with Crippen LogP contribution >= 0.6 is 11.6 Å². The molecular weight excluding hydrogens is 204 g/mol. The fourth-order valence-corrected chi connectivity index (χ4v) is 1.19. The van der Waals surface area contributed by atoms with E-state index in [0.717, 1.165) is 0 Å². The number of amides is 1. The van der Waals surface area contributed by atoms with Gasteiger partial charge >= 0.3 is 0 Å². The molecule has 1 N–H and O–H groups in total. The lowest BCUT2D eigenvalue weighted by Crippen LogP contribution is -2.32. The predicted octanol–water partition coefficient (Wildman–Crippen LogP) is 0.766. The van der Waals surface area contributed by atoms with E-state index >= 15 is 0 Å². The predicted molar refractivity (Wildman–Crippen MR) is 43.0 cm³/mol. The summed E-state index contributed by atoms with van der Waals surface area (Å²) in [6, 6.07) is 0. The molecule has 1 atom stereocenters. The number of carbonyl (C=O) groups excluding carboxylic acids is 1. The van der Waals surface area contributed by atoms with E-state index in [0.29, 0.717) is 0 Å². The Morgan fingerprint density at radius 1 is 1.69 bits per heavy atom. The average molecular weight is 214 g/mol. The van der Waals surface area contributed by atoms with Crippen molar-refractivity contribution in [3.63, 3.8) is 0 Å². The first kappa shape index (κ1) is 10.7. The molecule has 1 aliphatic heterocycles. The second-order valence-corrected chi connectivity index (χ2v) is 3.20. The maximum absolute atomic E-state index is 12.5. The minimum Gasteiger partial charge on any atom is -0.370 e. The van der Waals surface area contributed by atoms with E-state index in [9.17, 15) is 13.6 Å². The van der Waals surface area contributed by atoms with Crippen LogP contribution in [0.3, 0.4) is 0 Å². The van der Waals surface area contributed by atoms with Crippen LogP contribution in [-0.2, 0) is 9.53 Å². The van der Waals surface area contributed by atoms with Crippen LogP contribution in [0, 0.1) is 0 Å². The molecule has 1 unspecified atom stereocenters. The average Bonchev–Trinajstić information content (AvgIpc) is 2.41. The van der Waals surface area contributed by atoms with Gasteiger partial charge in [-0.25, -0.2) is 8.78 Å². The molecule has 1 saturated heterocycles. The van der Waals surface area contributed by atoms with Crippen LogP contribution in [0.4, 0.5) is 8.78 Å². The number of rotatable bonds is 3. The molecule has 0 aromatic heterocycles. The van der Waals surface area contributed by atoms with Crippen LogP contribution in [0.15, 0.2) is 0 Å². The van der Waals surface area contributed by atoms with E-state index in [1.165, 1.54) is 0 Å². The van der Waals surface area contributed by atoms with Crippen LogP contribution in [-0.4, -0.2) is 37.0 Å². The highest BCUT2D eigenvalue weighted by molar-refractivity contribution is 6.27. The number of hydrogen-bond acceptors (Lipinski definition) is 2. The Kier molecular flexibility index (Phi) is 3.44. The summed E-state index contributed by atoms with van der Waals surface area (Å²) in [4.78, 5) is 10.6. The van der Waals surface area contributed by atoms with Gasteiger partial charge in [-0.15, -0.1) is 11.6 Å². The zero-order chi connectivity index (χ0) is 9.90. The van der Waals surface area contributed by atoms with Gasteiger partial charge in [0.15, 0.2) is 0 Å². The van der Waals surface area contributed by atoms with Gasteiger partial charge in [0.05, 0.1) is 6.10 Å². The molecule has 0 aromatic rings. The maximum Gasteiger partial charge on any atom is 0.273 e. The van der Waals surface area contributed by atoms with Gasteiger partial charge in [0.1, 0.15) is 12.5 Å². The van der Waals surface area contributed by atoms with Crippen molar-refractivity contribution < 1.29 is 18.3 Å². The van der Waals surface area contributed by atoms with Crippen molar-refractivity contribution in [3.05, 3.63) is 0 Å². The second-order valence-electron chi connectivity index (χ2n) is 2.93. The molecule has 0 spiro atoms. The highest BCUT2D eigenvalue weighted by atomic mass is 35.5. The van der Waals surface area contributed by atoms with Crippen molar-refractivity contribution in [2.45, 2.75) is 18.4 Å². The summed E-state index contributed by atoms with van der Waals surface area (Å²) in [5.41, 5.74) is 0. The summed E-state index contributed by atoms with van der Waals surface area (Å²) in [5, 5.41) is 2.38. The van der Waals surface area contributed by atoms with Crippen LogP contribution in [0.1, 0.15) is 6.42 Å². The summed E-state index contributed by atoms with van der Waals surface area (Å²) in [5.74, 6) is -3.29. The third kappa shape index (κ3) is 3.44. The second kappa shape index (κ2) is 4.19. The minimum atomic E-state index is -2.75. The van der Waals surface area contributed by atoms with E-state index in [2.05, 4.69) is 5.32 Å². The molecule has 0 aliphatic carbocycles. The van der Waals surface area contributed by atoms with Gasteiger partial charge in [-0.1, -0.05) is 0 Å². The Morgan fingerprint density at radius 2 is 2.38 bits per heavy atom. The topological polar surface area (TPSA) is 38.3 Å². The normalized spacial score (nSPS) is 25.9. The van der Waals surface area contributed by atoms with Gasteiger partial charge in [0, 0.05) is 13.0 Å². The molecule has 0 saturated carbocycles. The lowest BCUT2D eigenvalue weighted by Gasteiger charge is -2.09. The monoisotopic (exact) mass is 213 g/mol. The molecule has 0 radical (unpaired) electrons. The number of carbonyl (C=O) groups is 1. The van der Waals surface area contributed by atoms with Gasteiger partial charge in [-0.3, -0.25) is 4.79 Å². The van der Waals surface area contributed by atoms with Crippen molar-refractivity contribution >= 4 is 17.5 Å². The third-order valence-corrected chi connectivity index (χ3v) is 1.95. The lowest BCUT2D eigenvalue weighted by molar-refractivity contribution is -0.119. The minimum absolute atomic E-state index is 0.0984. The number of alkyl halides is 3. The number of halogens is 3. The first-order valence-electron chi connectivity index (χ1n) is 3.85. The van der Waals surface area contributed by atoms with Gasteiger partial charge in [-0.2, -0.15) is 0 Å². The highest BCUT2D eigenvalue weighted by Crippen LogP contribution is 2.28. The summed E-state index contributed by atoms with van der Waals surface area (Å²) in [6.45, 7) is -0.463. The smallest absolute Gasteiger partial charge is 0.273 e. The number of ether oxygens (including phenoxy) is 1. The number of hydrogen-bond donors (Lipinski definition) is 1. The molecular formula is C7H10ClF2NO2. The van der Waals surface area contributed by atoms with Crippen LogP contribution in [0.2, 0.25) is 0 Å². The van der Waals surface area contributed by atoms with E-state index in [1.807, 2.05) is 0 Å². The van der Waals surface area contributed by atoms with Crippen molar-refractivity contribution in [1.29, 1.82) is 0 Å². The zero-order valence-corrected chi connectivity index (χ0v) is 7.61. The SMILES string of the molecule is O=C(CCl)NCC1CC(F)(F)CO1. The Hall–Kier alpha value is -0.420. The Bertz CT molecular complexity index is 201. The molecule has 1 fully saturated rings. The van der Waals surface area contributed by atoms with Gasteiger partial charge in [-0.05, 0) is 0 Å². The van der Waals surface area contributed by atoms with E-state index < -0.39 is 18.6 Å². The highest BCUT2D eigenvalue weighted by Gasteiger charge is 2.40. The Morgan fingerprint density at radius 3 is 2.85 bits per heavy atom. The first-order chi connectivity index (χ1) is 6.03. The molecule has 0 bridgehead atoms. The van der Waals surface area contributed by atoms with Crippen LogP contribution < -0.4 is 5.32 Å². The molecule has 1 rings (SSSR count). The first-order valence-corrected chi connectivity index (χ1v) is 4.39. The fraction of sp³-hybridized carbons (Fsp3) is 0.857. The van der Waals surface area contributed by atoms with Crippen molar-refractivity contribution in [1.82, 2.24) is 5.32 Å². The third-order valence-electron chi connectivity index (χ3n) is 1.70. The number of nitrogens with one attached hydrogen (secondary N) is 1. The molecule has 13 heavy (non-hydrogen) atoms. The Labute approximate surface area is 79.4 Å². The fourth-order valence-electron chi connectivity index (χ4n) is 1.10. The summed E-state index contributed by atoms with van der Waals surface area (Å²) < 4.78 is 29.8.